The number of rotatable bonds is 6. The molecule has 1 heterocycles. The van der Waals surface area contributed by atoms with Crippen molar-refractivity contribution in [1.82, 2.24) is 9.21 Å². The third-order valence-electron chi connectivity index (χ3n) is 6.76. The number of amides is 1. The van der Waals surface area contributed by atoms with Crippen LogP contribution in [0.25, 0.3) is 0 Å². The molecule has 0 aromatic heterocycles. The Morgan fingerprint density at radius 3 is 2.39 bits per heavy atom. The molecule has 162 valence electrons. The zero-order valence-electron chi connectivity index (χ0n) is 17.7. The Morgan fingerprint density at radius 2 is 1.74 bits per heavy atom. The molecule has 7 heteroatoms. The van der Waals surface area contributed by atoms with Crippen molar-refractivity contribution in [1.29, 1.82) is 5.26 Å². The molecule has 2 aliphatic rings. The Bertz CT molecular complexity index is 1100. The predicted molar refractivity (Wildman–Crippen MR) is 118 cm³/mol. The van der Waals surface area contributed by atoms with Gasteiger partial charge in [0.2, 0.25) is 0 Å². The lowest BCUT2D eigenvalue weighted by atomic mass is 9.69. The molecular weight excluding hydrogens is 410 g/mol. The number of hydrogen-bond donors (Lipinski definition) is 0. The number of benzene rings is 2. The van der Waals surface area contributed by atoms with E-state index < -0.39 is 21.3 Å². The molecule has 1 aliphatic heterocycles. The zero-order valence-corrected chi connectivity index (χ0v) is 18.5. The molecule has 0 atom stereocenters. The minimum Gasteiger partial charge on any atom is -0.303 e. The molecular formula is C24H27N3O3S. The average molecular weight is 438 g/mol. The van der Waals surface area contributed by atoms with Gasteiger partial charge >= 0.3 is 0 Å². The van der Waals surface area contributed by atoms with E-state index in [-0.39, 0.29) is 17.0 Å². The number of nitriles is 1. The molecule has 4 rings (SSSR count). The Kier molecular flexibility index (Phi) is 5.87. The van der Waals surface area contributed by atoms with Crippen LogP contribution in [-0.2, 0) is 15.4 Å². The standard InChI is InChI=1S/C24H27N3O3S/c1-26(20-12-14-24(18-25,15-13-20)19-8-3-2-4-9-19)16-7-17-27-23(28)21-10-5-6-11-22(21)31(27,29)30/h2-6,8-11,20H,7,12-17H2,1H3. The highest BCUT2D eigenvalue weighted by Crippen LogP contribution is 2.40. The lowest BCUT2D eigenvalue weighted by Crippen LogP contribution is -2.41. The lowest BCUT2D eigenvalue weighted by Gasteiger charge is -2.39. The molecule has 1 fully saturated rings. The molecule has 0 bridgehead atoms. The number of sulfonamides is 1. The number of carbonyl (C=O) groups excluding carboxylic acids is 1. The van der Waals surface area contributed by atoms with Gasteiger partial charge in [0.25, 0.3) is 15.9 Å². The van der Waals surface area contributed by atoms with E-state index in [1.807, 2.05) is 37.4 Å². The topological polar surface area (TPSA) is 81.5 Å². The Balaban J connectivity index is 1.32. The first-order chi connectivity index (χ1) is 14.9. The van der Waals surface area contributed by atoms with Crippen LogP contribution in [0.1, 0.15) is 48.0 Å². The van der Waals surface area contributed by atoms with E-state index in [0.717, 1.165) is 35.6 Å². The van der Waals surface area contributed by atoms with Crippen molar-refractivity contribution < 1.29 is 13.2 Å². The fraction of sp³-hybridized carbons (Fsp3) is 0.417. The Morgan fingerprint density at radius 1 is 1.10 bits per heavy atom. The largest absolute Gasteiger partial charge is 0.303 e. The van der Waals surface area contributed by atoms with E-state index in [0.29, 0.717) is 19.0 Å². The maximum absolute atomic E-state index is 12.7. The van der Waals surface area contributed by atoms with Crippen LogP contribution in [0.4, 0.5) is 0 Å². The highest BCUT2D eigenvalue weighted by Gasteiger charge is 2.41. The second kappa shape index (κ2) is 8.45. The van der Waals surface area contributed by atoms with Crippen molar-refractivity contribution in [2.75, 3.05) is 20.1 Å². The summed E-state index contributed by atoms with van der Waals surface area (Å²) in [6.07, 6.45) is 4.05. The van der Waals surface area contributed by atoms with Gasteiger partial charge in [-0.05, 0) is 63.4 Å². The van der Waals surface area contributed by atoms with Gasteiger partial charge in [-0.3, -0.25) is 4.79 Å². The summed E-state index contributed by atoms with van der Waals surface area (Å²) in [5.41, 5.74) is 0.938. The molecule has 2 aromatic rings. The van der Waals surface area contributed by atoms with Crippen molar-refractivity contribution >= 4 is 15.9 Å². The van der Waals surface area contributed by atoms with Crippen LogP contribution < -0.4 is 0 Å². The maximum Gasteiger partial charge on any atom is 0.269 e. The van der Waals surface area contributed by atoms with Gasteiger partial charge in [-0.2, -0.15) is 5.26 Å². The Labute approximate surface area is 184 Å². The van der Waals surface area contributed by atoms with Crippen LogP contribution in [0.5, 0.6) is 0 Å². The monoisotopic (exact) mass is 437 g/mol. The molecule has 31 heavy (non-hydrogen) atoms. The first-order valence-corrected chi connectivity index (χ1v) is 12.2. The third-order valence-corrected chi connectivity index (χ3v) is 8.60. The second-order valence-electron chi connectivity index (χ2n) is 8.50. The van der Waals surface area contributed by atoms with Crippen LogP contribution in [0.2, 0.25) is 0 Å². The van der Waals surface area contributed by atoms with Gasteiger partial charge in [0.15, 0.2) is 0 Å². The van der Waals surface area contributed by atoms with E-state index in [1.165, 1.54) is 6.07 Å². The van der Waals surface area contributed by atoms with Gasteiger partial charge < -0.3 is 4.90 Å². The van der Waals surface area contributed by atoms with Crippen molar-refractivity contribution in [3.63, 3.8) is 0 Å². The van der Waals surface area contributed by atoms with Crippen molar-refractivity contribution in [3.8, 4) is 6.07 Å². The van der Waals surface area contributed by atoms with E-state index >= 15 is 0 Å². The maximum atomic E-state index is 12.7. The second-order valence-corrected chi connectivity index (χ2v) is 10.3. The van der Waals surface area contributed by atoms with Gasteiger partial charge in [0.1, 0.15) is 4.90 Å². The smallest absolute Gasteiger partial charge is 0.269 e. The zero-order chi connectivity index (χ0) is 22.1. The molecule has 0 radical (unpaired) electrons. The van der Waals surface area contributed by atoms with E-state index in [9.17, 15) is 18.5 Å². The Hall–Kier alpha value is -2.69. The van der Waals surface area contributed by atoms with Crippen molar-refractivity contribution in [2.45, 2.75) is 48.5 Å². The molecule has 0 saturated heterocycles. The molecule has 2 aromatic carbocycles. The van der Waals surface area contributed by atoms with Crippen molar-refractivity contribution in [3.05, 3.63) is 65.7 Å². The fourth-order valence-corrected chi connectivity index (χ4v) is 6.46. The number of hydrogen-bond acceptors (Lipinski definition) is 5. The van der Waals surface area contributed by atoms with E-state index in [4.69, 9.17) is 0 Å². The minimum atomic E-state index is -3.74. The van der Waals surface area contributed by atoms with Gasteiger partial charge in [-0.15, -0.1) is 0 Å². The summed E-state index contributed by atoms with van der Waals surface area (Å²) < 4.78 is 26.3. The normalized spacial score (nSPS) is 24.7. The van der Waals surface area contributed by atoms with Crippen LogP contribution >= 0.6 is 0 Å². The van der Waals surface area contributed by atoms with Crippen LogP contribution in [0, 0.1) is 11.3 Å². The van der Waals surface area contributed by atoms with Gasteiger partial charge in [-0.1, -0.05) is 42.5 Å². The SMILES string of the molecule is CN(CCCN1C(=O)c2ccccc2S1(=O)=O)C1CCC(C#N)(c2ccccc2)CC1. The number of carbonyl (C=O) groups is 1. The predicted octanol–water partition coefficient (Wildman–Crippen LogP) is 3.56. The highest BCUT2D eigenvalue weighted by atomic mass is 32.2. The summed E-state index contributed by atoms with van der Waals surface area (Å²) in [5, 5.41) is 9.87. The minimum absolute atomic E-state index is 0.106. The first-order valence-electron chi connectivity index (χ1n) is 10.7. The van der Waals surface area contributed by atoms with Crippen molar-refractivity contribution in [2.24, 2.45) is 0 Å². The molecule has 0 unspecified atom stereocenters. The molecule has 0 N–H and O–H groups in total. The third kappa shape index (κ3) is 3.86. The van der Waals surface area contributed by atoms with Crippen LogP contribution in [0.3, 0.4) is 0 Å². The number of nitrogens with zero attached hydrogens (tertiary/aromatic N) is 3. The lowest BCUT2D eigenvalue weighted by molar-refractivity contribution is 0.0863. The average Bonchev–Trinajstić information content (AvgIpc) is 3.00. The van der Waals surface area contributed by atoms with E-state index in [1.54, 1.807) is 18.2 Å². The van der Waals surface area contributed by atoms with Gasteiger partial charge in [0, 0.05) is 12.6 Å². The quantitative estimate of drug-likeness (QED) is 0.690. The first kappa shape index (κ1) is 21.5. The summed E-state index contributed by atoms with van der Waals surface area (Å²) >= 11 is 0. The van der Waals surface area contributed by atoms with Gasteiger partial charge in [0.05, 0.1) is 17.0 Å². The summed E-state index contributed by atoms with van der Waals surface area (Å²) in [6.45, 7) is 0.879. The van der Waals surface area contributed by atoms with Crippen LogP contribution in [-0.4, -0.2) is 49.7 Å². The molecule has 0 spiro atoms. The molecule has 1 amide bonds. The fourth-order valence-electron chi connectivity index (χ4n) is 4.86. The molecule has 1 saturated carbocycles. The van der Waals surface area contributed by atoms with Gasteiger partial charge in [-0.25, -0.2) is 12.7 Å². The summed E-state index contributed by atoms with van der Waals surface area (Å²) in [7, 11) is -1.70. The summed E-state index contributed by atoms with van der Waals surface area (Å²) in [5.74, 6) is -0.433. The summed E-state index contributed by atoms with van der Waals surface area (Å²) in [4.78, 5) is 14.9. The molecule has 6 nitrogen and oxygen atoms in total. The molecule has 1 aliphatic carbocycles. The van der Waals surface area contributed by atoms with Crippen LogP contribution in [0.15, 0.2) is 59.5 Å². The van der Waals surface area contributed by atoms with E-state index in [2.05, 4.69) is 11.0 Å². The number of fused-ring (bicyclic) bond motifs is 1. The summed E-state index contributed by atoms with van der Waals surface area (Å²) in [6, 6.07) is 19.3. The highest BCUT2D eigenvalue weighted by molar-refractivity contribution is 7.90.